The van der Waals surface area contributed by atoms with Crippen molar-refractivity contribution in [3.8, 4) is 6.07 Å². The van der Waals surface area contributed by atoms with Crippen LogP contribution in [-0.2, 0) is 11.8 Å². The Hall–Kier alpha value is -3.68. The normalized spacial score (nSPS) is 14.5. The molecule has 0 unspecified atom stereocenters. The number of ketones is 1. The summed E-state index contributed by atoms with van der Waals surface area (Å²) < 4.78 is 53.8. The third-order valence-corrected chi connectivity index (χ3v) is 5.21. The SMILES string of the molecule is Cc1c(C(=O)C(=O)NC2(C(F)(F)F)CC2)cc(C(=O)Nc2ccc(F)c(C#N)c2)n1C. The van der Waals surface area contributed by atoms with Gasteiger partial charge < -0.3 is 15.2 Å². The van der Waals surface area contributed by atoms with E-state index in [4.69, 9.17) is 5.26 Å². The lowest BCUT2D eigenvalue weighted by Gasteiger charge is -2.20. The summed E-state index contributed by atoms with van der Waals surface area (Å²) in [7, 11) is 1.43. The Labute approximate surface area is 173 Å². The molecule has 1 aliphatic carbocycles. The van der Waals surface area contributed by atoms with Crippen LogP contribution in [0.2, 0.25) is 0 Å². The topological polar surface area (TPSA) is 104 Å². The number of carbonyl (C=O) groups excluding carboxylic acids is 3. The first kappa shape index (κ1) is 22.0. The molecule has 1 aromatic heterocycles. The van der Waals surface area contributed by atoms with Gasteiger partial charge in [-0.25, -0.2) is 4.39 Å². The predicted octanol–water partition coefficient (Wildman–Crippen LogP) is 2.99. The predicted molar refractivity (Wildman–Crippen MR) is 99.7 cm³/mol. The van der Waals surface area contributed by atoms with Crippen molar-refractivity contribution in [2.45, 2.75) is 31.5 Å². The molecule has 31 heavy (non-hydrogen) atoms. The molecular weight excluding hydrogens is 420 g/mol. The van der Waals surface area contributed by atoms with Crippen LogP contribution in [-0.4, -0.2) is 33.9 Å². The molecule has 1 aromatic carbocycles. The monoisotopic (exact) mass is 436 g/mol. The molecule has 2 aromatic rings. The first-order chi connectivity index (χ1) is 14.4. The summed E-state index contributed by atoms with van der Waals surface area (Å²) in [5.41, 5.74) is -2.64. The first-order valence-electron chi connectivity index (χ1n) is 9.01. The number of Topliss-reactive ketones (excluding diaryl/α,β-unsaturated/α-hetero) is 1. The lowest BCUT2D eigenvalue weighted by atomic mass is 10.1. The van der Waals surface area contributed by atoms with E-state index < -0.39 is 35.1 Å². The van der Waals surface area contributed by atoms with Crippen molar-refractivity contribution in [1.82, 2.24) is 9.88 Å². The van der Waals surface area contributed by atoms with Gasteiger partial charge in [-0.15, -0.1) is 0 Å². The van der Waals surface area contributed by atoms with E-state index in [9.17, 15) is 31.9 Å². The van der Waals surface area contributed by atoms with Crippen LogP contribution in [0.4, 0.5) is 23.2 Å². The molecule has 2 N–H and O–H groups in total. The van der Waals surface area contributed by atoms with Gasteiger partial charge in [0, 0.05) is 24.0 Å². The quantitative estimate of drug-likeness (QED) is 0.427. The van der Waals surface area contributed by atoms with Crippen molar-refractivity contribution in [1.29, 1.82) is 5.26 Å². The van der Waals surface area contributed by atoms with Crippen LogP contribution in [0.25, 0.3) is 0 Å². The van der Waals surface area contributed by atoms with Crippen molar-refractivity contribution < 1.29 is 31.9 Å². The van der Waals surface area contributed by atoms with Crippen LogP contribution in [0.3, 0.4) is 0 Å². The summed E-state index contributed by atoms with van der Waals surface area (Å²) in [6, 6.07) is 6.08. The van der Waals surface area contributed by atoms with E-state index in [1.165, 1.54) is 24.6 Å². The lowest BCUT2D eigenvalue weighted by Crippen LogP contribution is -2.50. The van der Waals surface area contributed by atoms with Gasteiger partial charge in [0.15, 0.2) is 0 Å². The fourth-order valence-electron chi connectivity index (χ4n) is 3.03. The average molecular weight is 436 g/mol. The van der Waals surface area contributed by atoms with E-state index in [-0.39, 0.29) is 41.0 Å². The van der Waals surface area contributed by atoms with Gasteiger partial charge in [-0.3, -0.25) is 14.4 Å². The summed E-state index contributed by atoms with van der Waals surface area (Å²) in [4.78, 5) is 37.2. The number of halogens is 4. The van der Waals surface area contributed by atoms with Crippen LogP contribution in [0.15, 0.2) is 24.3 Å². The Balaban J connectivity index is 1.81. The summed E-state index contributed by atoms with van der Waals surface area (Å²) >= 11 is 0. The zero-order valence-electron chi connectivity index (χ0n) is 16.4. The largest absolute Gasteiger partial charge is 0.411 e. The number of hydrogen-bond donors (Lipinski definition) is 2. The first-order valence-corrected chi connectivity index (χ1v) is 9.01. The van der Waals surface area contributed by atoms with Gasteiger partial charge in [0.2, 0.25) is 0 Å². The van der Waals surface area contributed by atoms with Crippen LogP contribution in [0, 0.1) is 24.1 Å². The fourth-order valence-corrected chi connectivity index (χ4v) is 3.03. The standard InChI is InChI=1S/C20H16F4N4O3/c1-10-13(16(29)18(31)27-19(5-6-19)20(22,23)24)8-15(28(10)2)17(30)26-12-3-4-14(21)11(7-12)9-25/h3-4,7-8H,5-6H2,1-2H3,(H,26,30)(H,27,31). The average Bonchev–Trinajstić information content (AvgIpc) is 3.43. The van der Waals surface area contributed by atoms with Crippen molar-refractivity contribution in [2.24, 2.45) is 7.05 Å². The van der Waals surface area contributed by atoms with Gasteiger partial charge in [0.1, 0.15) is 23.1 Å². The number of aromatic nitrogens is 1. The zero-order chi connectivity index (χ0) is 23.1. The maximum atomic E-state index is 13.4. The Morgan fingerprint density at radius 3 is 2.39 bits per heavy atom. The maximum absolute atomic E-state index is 13.4. The Morgan fingerprint density at radius 2 is 1.84 bits per heavy atom. The Morgan fingerprint density at radius 1 is 1.19 bits per heavy atom. The van der Waals surface area contributed by atoms with E-state index >= 15 is 0 Å². The van der Waals surface area contributed by atoms with E-state index in [1.54, 1.807) is 11.4 Å². The van der Waals surface area contributed by atoms with Gasteiger partial charge in [-0.1, -0.05) is 0 Å². The number of nitrogens with one attached hydrogen (secondary N) is 2. The molecule has 1 heterocycles. The molecular formula is C20H16F4N4O3. The molecule has 2 amide bonds. The molecule has 0 aliphatic heterocycles. The molecule has 0 radical (unpaired) electrons. The number of carbonyl (C=O) groups is 3. The highest BCUT2D eigenvalue weighted by Crippen LogP contribution is 2.48. The highest BCUT2D eigenvalue weighted by molar-refractivity contribution is 6.43. The Bertz CT molecular complexity index is 1140. The highest BCUT2D eigenvalue weighted by Gasteiger charge is 2.64. The molecule has 7 nitrogen and oxygen atoms in total. The van der Waals surface area contributed by atoms with E-state index in [0.717, 1.165) is 18.2 Å². The molecule has 0 atom stereocenters. The van der Waals surface area contributed by atoms with Crippen molar-refractivity contribution in [3.63, 3.8) is 0 Å². The minimum absolute atomic E-state index is 0.0616. The molecule has 162 valence electrons. The third-order valence-electron chi connectivity index (χ3n) is 5.21. The molecule has 0 saturated heterocycles. The van der Waals surface area contributed by atoms with Gasteiger partial charge >= 0.3 is 6.18 Å². The number of nitrogens with zero attached hydrogens (tertiary/aromatic N) is 2. The molecule has 0 bridgehead atoms. The molecule has 3 rings (SSSR count). The van der Waals surface area contributed by atoms with Crippen molar-refractivity contribution in [3.05, 3.63) is 52.6 Å². The fraction of sp³-hybridized carbons (Fsp3) is 0.300. The van der Waals surface area contributed by atoms with Crippen LogP contribution in [0.5, 0.6) is 0 Å². The van der Waals surface area contributed by atoms with Crippen LogP contribution < -0.4 is 10.6 Å². The number of rotatable bonds is 5. The van der Waals surface area contributed by atoms with E-state index in [1.807, 2.05) is 0 Å². The summed E-state index contributed by atoms with van der Waals surface area (Å²) in [6.45, 7) is 1.43. The number of anilines is 1. The van der Waals surface area contributed by atoms with Gasteiger partial charge in [0.05, 0.1) is 5.56 Å². The molecule has 1 aliphatic rings. The Kier molecular flexibility index (Phi) is 5.35. The molecule has 1 saturated carbocycles. The number of nitriles is 1. The molecule has 11 heteroatoms. The minimum Gasteiger partial charge on any atom is -0.343 e. The van der Waals surface area contributed by atoms with E-state index in [0.29, 0.717) is 0 Å². The number of alkyl halides is 3. The van der Waals surface area contributed by atoms with Crippen LogP contribution in [0.1, 0.15) is 44.9 Å². The van der Waals surface area contributed by atoms with Gasteiger partial charge in [-0.2, -0.15) is 18.4 Å². The number of hydrogen-bond acceptors (Lipinski definition) is 4. The second-order valence-corrected chi connectivity index (χ2v) is 7.21. The maximum Gasteiger partial charge on any atom is 0.411 e. The van der Waals surface area contributed by atoms with Crippen molar-refractivity contribution in [2.75, 3.05) is 5.32 Å². The second-order valence-electron chi connectivity index (χ2n) is 7.21. The third kappa shape index (κ3) is 4.01. The van der Waals surface area contributed by atoms with Gasteiger partial charge in [0.25, 0.3) is 17.6 Å². The summed E-state index contributed by atoms with van der Waals surface area (Å²) in [6.07, 6.45) is -5.28. The molecule has 1 fully saturated rings. The van der Waals surface area contributed by atoms with E-state index in [2.05, 4.69) is 5.32 Å². The lowest BCUT2D eigenvalue weighted by molar-refractivity contribution is -0.169. The number of amides is 2. The highest BCUT2D eigenvalue weighted by atomic mass is 19.4. The summed E-state index contributed by atoms with van der Waals surface area (Å²) in [5.74, 6) is -4.10. The van der Waals surface area contributed by atoms with Crippen LogP contribution >= 0.6 is 0 Å². The smallest absolute Gasteiger partial charge is 0.343 e. The van der Waals surface area contributed by atoms with Crippen molar-refractivity contribution >= 4 is 23.3 Å². The summed E-state index contributed by atoms with van der Waals surface area (Å²) in [5, 5.41) is 13.1. The minimum atomic E-state index is -4.67. The second kappa shape index (κ2) is 7.54. The van der Waals surface area contributed by atoms with Gasteiger partial charge in [-0.05, 0) is 44.0 Å². The zero-order valence-corrected chi connectivity index (χ0v) is 16.4. The molecule has 0 spiro atoms. The number of benzene rings is 1.